The third-order valence-corrected chi connectivity index (χ3v) is 6.40. The van der Waals surface area contributed by atoms with Crippen molar-refractivity contribution < 1.29 is 22.7 Å². The number of rotatable bonds is 12. The fourth-order valence-corrected chi connectivity index (χ4v) is 4.36. The second-order valence-electron chi connectivity index (χ2n) is 6.83. The molecule has 0 saturated heterocycles. The molecule has 0 aliphatic rings. The molecule has 1 N–H and O–H groups in total. The van der Waals surface area contributed by atoms with Crippen molar-refractivity contribution in [1.82, 2.24) is 9.62 Å². The zero-order valence-electron chi connectivity index (χ0n) is 17.8. The predicted octanol–water partition coefficient (Wildman–Crippen LogP) is 3.20. The molecule has 0 heterocycles. The van der Waals surface area contributed by atoms with E-state index >= 15 is 0 Å². The van der Waals surface area contributed by atoms with Crippen LogP contribution < -0.4 is 14.8 Å². The van der Waals surface area contributed by atoms with Crippen molar-refractivity contribution in [2.75, 3.05) is 27.3 Å². The number of amides is 1. The summed E-state index contributed by atoms with van der Waals surface area (Å²) in [5.41, 5.74) is 0.792. The number of unbranched alkanes of at least 4 members (excludes halogenated alkanes) is 2. The average molecular weight is 435 g/mol. The molecule has 0 saturated carbocycles. The molecule has 1 amide bonds. The Morgan fingerprint density at radius 1 is 1.00 bits per heavy atom. The van der Waals surface area contributed by atoms with Crippen LogP contribution in [0.3, 0.4) is 0 Å². The Morgan fingerprint density at radius 2 is 1.70 bits per heavy atom. The van der Waals surface area contributed by atoms with E-state index in [1.54, 1.807) is 0 Å². The van der Waals surface area contributed by atoms with Gasteiger partial charge in [0.25, 0.3) is 0 Å². The lowest BCUT2D eigenvalue weighted by Crippen LogP contribution is -2.40. The van der Waals surface area contributed by atoms with Gasteiger partial charge in [-0.25, -0.2) is 8.42 Å². The van der Waals surface area contributed by atoms with Crippen LogP contribution in [0.4, 0.5) is 0 Å². The molecule has 7 nitrogen and oxygen atoms in total. The van der Waals surface area contributed by atoms with Crippen LogP contribution in [0.25, 0.3) is 0 Å². The first-order valence-electron chi connectivity index (χ1n) is 9.95. The summed E-state index contributed by atoms with van der Waals surface area (Å²) in [5, 5.41) is 2.81. The summed E-state index contributed by atoms with van der Waals surface area (Å²) in [6.07, 6.45) is 2.92. The van der Waals surface area contributed by atoms with Gasteiger partial charge in [-0.1, -0.05) is 50.1 Å². The smallest absolute Gasteiger partial charge is 0.243 e. The average Bonchev–Trinajstić information content (AvgIpc) is 2.76. The molecular formula is C22H30N2O5S. The maximum Gasteiger partial charge on any atom is 0.243 e. The van der Waals surface area contributed by atoms with E-state index in [4.69, 9.17) is 9.47 Å². The minimum absolute atomic E-state index is 0.0369. The van der Waals surface area contributed by atoms with E-state index in [0.29, 0.717) is 18.0 Å². The van der Waals surface area contributed by atoms with Crippen molar-refractivity contribution >= 4 is 15.9 Å². The number of methoxy groups -OCH3 is 2. The number of carbonyl (C=O) groups is 1. The summed E-state index contributed by atoms with van der Waals surface area (Å²) >= 11 is 0. The van der Waals surface area contributed by atoms with Crippen LogP contribution >= 0.6 is 0 Å². The Hall–Kier alpha value is -2.58. The highest BCUT2D eigenvalue weighted by Crippen LogP contribution is 2.31. The molecule has 30 heavy (non-hydrogen) atoms. The number of benzene rings is 2. The Labute approximate surface area is 179 Å². The van der Waals surface area contributed by atoms with Gasteiger partial charge in [-0.15, -0.1) is 0 Å². The van der Waals surface area contributed by atoms with Gasteiger partial charge in [0, 0.05) is 19.2 Å². The minimum atomic E-state index is -3.95. The third kappa shape index (κ3) is 6.47. The van der Waals surface area contributed by atoms with E-state index < -0.39 is 10.0 Å². The molecule has 0 bridgehead atoms. The molecule has 8 heteroatoms. The van der Waals surface area contributed by atoms with E-state index in [2.05, 4.69) is 12.2 Å². The SMILES string of the molecule is CCCCCNC(=O)CN(Cc1ccccc1)S(=O)(=O)c1ccc(OC)c(OC)c1. The van der Waals surface area contributed by atoms with Crippen molar-refractivity contribution in [1.29, 1.82) is 0 Å². The zero-order valence-corrected chi connectivity index (χ0v) is 18.6. The van der Waals surface area contributed by atoms with Gasteiger partial charge in [0.15, 0.2) is 11.5 Å². The summed E-state index contributed by atoms with van der Waals surface area (Å²) in [6.45, 7) is 2.43. The highest BCUT2D eigenvalue weighted by atomic mass is 32.2. The van der Waals surface area contributed by atoms with Gasteiger partial charge < -0.3 is 14.8 Å². The highest BCUT2D eigenvalue weighted by molar-refractivity contribution is 7.89. The van der Waals surface area contributed by atoms with Crippen LogP contribution in [0.5, 0.6) is 11.5 Å². The quantitative estimate of drug-likeness (QED) is 0.519. The number of carbonyl (C=O) groups excluding carboxylic acids is 1. The van der Waals surface area contributed by atoms with Crippen molar-refractivity contribution in [2.24, 2.45) is 0 Å². The van der Waals surface area contributed by atoms with E-state index in [0.717, 1.165) is 24.8 Å². The van der Waals surface area contributed by atoms with Crippen LogP contribution in [0.1, 0.15) is 31.7 Å². The normalized spacial score (nSPS) is 11.3. The van der Waals surface area contributed by atoms with Crippen molar-refractivity contribution in [3.8, 4) is 11.5 Å². The lowest BCUT2D eigenvalue weighted by molar-refractivity contribution is -0.121. The van der Waals surface area contributed by atoms with Crippen molar-refractivity contribution in [3.05, 3.63) is 54.1 Å². The molecule has 0 radical (unpaired) electrons. The Morgan fingerprint density at radius 3 is 2.33 bits per heavy atom. The van der Waals surface area contributed by atoms with Gasteiger partial charge in [0.05, 0.1) is 25.7 Å². The Bertz CT molecular complexity index is 916. The molecule has 2 aromatic rings. The molecule has 164 valence electrons. The van der Waals surface area contributed by atoms with E-state index in [1.807, 2.05) is 30.3 Å². The number of hydrogen-bond donors (Lipinski definition) is 1. The molecule has 0 spiro atoms. The van der Waals surface area contributed by atoms with Gasteiger partial charge >= 0.3 is 0 Å². The largest absolute Gasteiger partial charge is 0.493 e. The van der Waals surface area contributed by atoms with Crippen LogP contribution in [-0.2, 0) is 21.4 Å². The topological polar surface area (TPSA) is 84.9 Å². The highest BCUT2D eigenvalue weighted by Gasteiger charge is 2.28. The maximum absolute atomic E-state index is 13.4. The van der Waals surface area contributed by atoms with Crippen molar-refractivity contribution in [2.45, 2.75) is 37.6 Å². The molecule has 2 aromatic carbocycles. The first-order valence-corrected chi connectivity index (χ1v) is 11.4. The summed E-state index contributed by atoms with van der Waals surface area (Å²) in [4.78, 5) is 12.5. The minimum Gasteiger partial charge on any atom is -0.493 e. The fourth-order valence-electron chi connectivity index (χ4n) is 2.96. The third-order valence-electron chi connectivity index (χ3n) is 4.62. The number of ether oxygens (including phenoxy) is 2. The van der Waals surface area contributed by atoms with E-state index in [-0.39, 0.29) is 23.9 Å². The lowest BCUT2D eigenvalue weighted by Gasteiger charge is -2.22. The molecule has 0 aliphatic heterocycles. The molecule has 0 fully saturated rings. The lowest BCUT2D eigenvalue weighted by atomic mass is 10.2. The predicted molar refractivity (Wildman–Crippen MR) is 116 cm³/mol. The van der Waals surface area contributed by atoms with E-state index in [1.165, 1.54) is 36.7 Å². The molecular weight excluding hydrogens is 404 g/mol. The number of hydrogen-bond acceptors (Lipinski definition) is 5. The van der Waals surface area contributed by atoms with Crippen LogP contribution in [0.2, 0.25) is 0 Å². The first-order chi connectivity index (χ1) is 14.4. The second-order valence-corrected chi connectivity index (χ2v) is 8.77. The Balaban J connectivity index is 2.28. The zero-order chi connectivity index (χ0) is 22.0. The first kappa shape index (κ1) is 23.7. The van der Waals surface area contributed by atoms with E-state index in [9.17, 15) is 13.2 Å². The van der Waals surface area contributed by atoms with Gasteiger partial charge in [0.2, 0.25) is 15.9 Å². The van der Waals surface area contributed by atoms with Crippen LogP contribution in [-0.4, -0.2) is 45.9 Å². The van der Waals surface area contributed by atoms with Gasteiger partial charge in [-0.05, 0) is 24.1 Å². The Kier molecular flexibility index (Phi) is 9.14. The number of sulfonamides is 1. The summed E-state index contributed by atoms with van der Waals surface area (Å²) < 4.78 is 38.3. The second kappa shape index (κ2) is 11.6. The van der Waals surface area contributed by atoms with Crippen molar-refractivity contribution in [3.63, 3.8) is 0 Å². The summed E-state index contributed by atoms with van der Waals surface area (Å²) in [6, 6.07) is 13.6. The fraction of sp³-hybridized carbons (Fsp3) is 0.409. The van der Waals surface area contributed by atoms with Gasteiger partial charge in [-0.3, -0.25) is 4.79 Å². The molecule has 2 rings (SSSR count). The summed E-state index contributed by atoms with van der Waals surface area (Å²) in [7, 11) is -1.02. The van der Waals surface area contributed by atoms with Gasteiger partial charge in [-0.2, -0.15) is 4.31 Å². The molecule has 0 unspecified atom stereocenters. The van der Waals surface area contributed by atoms with Gasteiger partial charge in [0.1, 0.15) is 0 Å². The molecule has 0 aromatic heterocycles. The number of nitrogens with one attached hydrogen (secondary N) is 1. The maximum atomic E-state index is 13.4. The standard InChI is InChI=1S/C22H30N2O5S/c1-4-5-9-14-23-22(25)17-24(16-18-10-7-6-8-11-18)30(26,27)19-12-13-20(28-2)21(15-19)29-3/h6-8,10-13,15H,4-5,9,14,16-17H2,1-3H3,(H,23,25). The molecule has 0 atom stereocenters. The monoisotopic (exact) mass is 434 g/mol. The van der Waals surface area contributed by atoms with Crippen LogP contribution in [0, 0.1) is 0 Å². The summed E-state index contributed by atoms with van der Waals surface area (Å²) in [5.74, 6) is 0.410. The molecule has 0 aliphatic carbocycles. The van der Waals surface area contributed by atoms with Crippen LogP contribution in [0.15, 0.2) is 53.4 Å². The number of nitrogens with zero attached hydrogens (tertiary/aromatic N) is 1.